The van der Waals surface area contributed by atoms with Crippen LogP contribution in [0.5, 0.6) is 0 Å². The summed E-state index contributed by atoms with van der Waals surface area (Å²) >= 11 is 0. The van der Waals surface area contributed by atoms with Gasteiger partial charge in [0.1, 0.15) is 0 Å². The van der Waals surface area contributed by atoms with E-state index < -0.39 is 0 Å². The number of nitrogens with one attached hydrogen (secondary N) is 1. The number of aryl methyl sites for hydroxylation is 1. The van der Waals surface area contributed by atoms with Crippen LogP contribution < -0.4 is 11.1 Å². The molecule has 19 heavy (non-hydrogen) atoms. The molecule has 0 aromatic heterocycles. The Hall–Kier alpha value is -1.35. The largest absolute Gasteiger partial charge is 0.326 e. The van der Waals surface area contributed by atoms with E-state index in [0.29, 0.717) is 6.54 Å². The van der Waals surface area contributed by atoms with E-state index in [0.717, 1.165) is 36.1 Å². The van der Waals surface area contributed by atoms with Crippen molar-refractivity contribution in [3.8, 4) is 0 Å². The van der Waals surface area contributed by atoms with Crippen LogP contribution in [-0.4, -0.2) is 5.91 Å². The van der Waals surface area contributed by atoms with Crippen LogP contribution >= 0.6 is 0 Å². The average Bonchev–Trinajstić information content (AvgIpc) is 2.71. The van der Waals surface area contributed by atoms with Gasteiger partial charge in [0.05, 0.1) is 0 Å². The predicted octanol–water partition coefficient (Wildman–Crippen LogP) is 3.22. The lowest BCUT2D eigenvalue weighted by Gasteiger charge is -2.26. The summed E-state index contributed by atoms with van der Waals surface area (Å²) in [5.41, 5.74) is 8.80. The highest BCUT2D eigenvalue weighted by Crippen LogP contribution is 2.43. The second-order valence-electron chi connectivity index (χ2n) is 6.28. The van der Waals surface area contributed by atoms with Crippen LogP contribution in [-0.2, 0) is 11.3 Å². The fourth-order valence-corrected chi connectivity index (χ4v) is 2.96. The summed E-state index contributed by atoms with van der Waals surface area (Å²) < 4.78 is 0. The van der Waals surface area contributed by atoms with Crippen LogP contribution in [0.4, 0.5) is 5.69 Å². The van der Waals surface area contributed by atoms with Crippen LogP contribution in [0.3, 0.4) is 0 Å². The van der Waals surface area contributed by atoms with Gasteiger partial charge in [-0.1, -0.05) is 32.4 Å². The molecule has 1 aromatic rings. The van der Waals surface area contributed by atoms with Crippen molar-refractivity contribution >= 4 is 11.6 Å². The first-order valence-corrected chi connectivity index (χ1v) is 7.04. The van der Waals surface area contributed by atoms with Gasteiger partial charge in [0.25, 0.3) is 0 Å². The topological polar surface area (TPSA) is 55.1 Å². The van der Waals surface area contributed by atoms with E-state index in [4.69, 9.17) is 5.73 Å². The third kappa shape index (κ3) is 2.98. The minimum absolute atomic E-state index is 0.115. The van der Waals surface area contributed by atoms with Gasteiger partial charge in [0.15, 0.2) is 0 Å². The summed E-state index contributed by atoms with van der Waals surface area (Å²) in [6.07, 6.45) is 3.27. The second kappa shape index (κ2) is 5.33. The molecule has 0 heterocycles. The van der Waals surface area contributed by atoms with Gasteiger partial charge in [-0.05, 0) is 42.4 Å². The van der Waals surface area contributed by atoms with Gasteiger partial charge in [-0.25, -0.2) is 0 Å². The molecule has 0 saturated heterocycles. The molecule has 2 rings (SSSR count). The lowest BCUT2D eigenvalue weighted by Crippen LogP contribution is -2.31. The normalized spacial score (nSPS) is 21.4. The monoisotopic (exact) mass is 260 g/mol. The third-order valence-electron chi connectivity index (χ3n) is 4.37. The van der Waals surface area contributed by atoms with Crippen molar-refractivity contribution < 1.29 is 4.79 Å². The zero-order valence-corrected chi connectivity index (χ0v) is 12.1. The lowest BCUT2D eigenvalue weighted by molar-refractivity contribution is -0.122. The molecular weight excluding hydrogens is 236 g/mol. The molecule has 1 fully saturated rings. The number of carbonyl (C=O) groups is 1. The molecule has 1 aromatic carbocycles. The highest BCUT2D eigenvalue weighted by molar-refractivity contribution is 5.94. The average molecular weight is 260 g/mol. The van der Waals surface area contributed by atoms with Crippen molar-refractivity contribution in [2.75, 3.05) is 5.32 Å². The minimum Gasteiger partial charge on any atom is -0.326 e. The Bertz CT molecular complexity index is 480. The van der Waals surface area contributed by atoms with Crippen LogP contribution in [0, 0.1) is 18.3 Å². The molecule has 0 radical (unpaired) electrons. The van der Waals surface area contributed by atoms with Crippen LogP contribution in [0.15, 0.2) is 18.2 Å². The molecule has 3 N–H and O–H groups in total. The van der Waals surface area contributed by atoms with E-state index >= 15 is 0 Å². The number of carbonyl (C=O) groups excluding carboxylic acids is 1. The maximum Gasteiger partial charge on any atom is 0.228 e. The lowest BCUT2D eigenvalue weighted by atomic mass is 9.81. The Morgan fingerprint density at radius 1 is 1.47 bits per heavy atom. The van der Waals surface area contributed by atoms with Crippen molar-refractivity contribution in [1.82, 2.24) is 0 Å². The molecular formula is C16H24N2O. The molecule has 3 nitrogen and oxygen atoms in total. The smallest absolute Gasteiger partial charge is 0.228 e. The Morgan fingerprint density at radius 2 is 2.21 bits per heavy atom. The molecule has 0 aliphatic heterocycles. The SMILES string of the molecule is Cc1ccc(CN)cc1NC(=O)C1CCCC1(C)C. The summed E-state index contributed by atoms with van der Waals surface area (Å²) in [6, 6.07) is 6.00. The van der Waals surface area contributed by atoms with Crippen LogP contribution in [0.1, 0.15) is 44.2 Å². The van der Waals surface area contributed by atoms with Crippen molar-refractivity contribution in [2.24, 2.45) is 17.1 Å². The first kappa shape index (κ1) is 14.1. The maximum atomic E-state index is 12.4. The number of nitrogens with two attached hydrogens (primary N) is 1. The highest BCUT2D eigenvalue weighted by Gasteiger charge is 2.39. The zero-order chi connectivity index (χ0) is 14.0. The van der Waals surface area contributed by atoms with Crippen LogP contribution in [0.2, 0.25) is 0 Å². The third-order valence-corrected chi connectivity index (χ3v) is 4.37. The van der Waals surface area contributed by atoms with Gasteiger partial charge in [0.2, 0.25) is 5.91 Å². The highest BCUT2D eigenvalue weighted by atomic mass is 16.1. The van der Waals surface area contributed by atoms with E-state index in [9.17, 15) is 4.79 Å². The van der Waals surface area contributed by atoms with Gasteiger partial charge in [-0.15, -0.1) is 0 Å². The summed E-state index contributed by atoms with van der Waals surface area (Å²) in [7, 11) is 0. The Kier molecular flexibility index (Phi) is 3.95. The first-order chi connectivity index (χ1) is 8.94. The van der Waals surface area contributed by atoms with E-state index in [1.54, 1.807) is 0 Å². The van der Waals surface area contributed by atoms with Gasteiger partial charge in [-0.2, -0.15) is 0 Å². The minimum atomic E-state index is 0.115. The number of amides is 1. The quantitative estimate of drug-likeness (QED) is 0.876. The molecule has 0 spiro atoms. The molecule has 3 heteroatoms. The van der Waals surface area contributed by atoms with Crippen molar-refractivity contribution in [3.63, 3.8) is 0 Å². The number of rotatable bonds is 3. The summed E-state index contributed by atoms with van der Waals surface area (Å²) in [5, 5.41) is 3.09. The van der Waals surface area contributed by atoms with E-state index in [1.807, 2.05) is 25.1 Å². The zero-order valence-electron chi connectivity index (χ0n) is 12.1. The number of hydrogen-bond acceptors (Lipinski definition) is 2. The molecule has 1 unspecified atom stereocenters. The summed E-state index contributed by atoms with van der Waals surface area (Å²) in [5.74, 6) is 0.271. The van der Waals surface area contributed by atoms with Crippen molar-refractivity contribution in [1.29, 1.82) is 0 Å². The number of benzene rings is 1. The number of anilines is 1. The molecule has 1 aliphatic carbocycles. The van der Waals surface area contributed by atoms with E-state index in [2.05, 4.69) is 19.2 Å². The van der Waals surface area contributed by atoms with Gasteiger partial charge in [0, 0.05) is 18.2 Å². The molecule has 0 bridgehead atoms. The van der Waals surface area contributed by atoms with Crippen molar-refractivity contribution in [3.05, 3.63) is 29.3 Å². The fourth-order valence-electron chi connectivity index (χ4n) is 2.96. The Balaban J connectivity index is 2.15. The Labute approximate surface area is 115 Å². The second-order valence-corrected chi connectivity index (χ2v) is 6.28. The summed E-state index contributed by atoms with van der Waals surface area (Å²) in [4.78, 5) is 12.4. The predicted molar refractivity (Wildman–Crippen MR) is 78.8 cm³/mol. The Morgan fingerprint density at radius 3 is 2.79 bits per heavy atom. The van der Waals surface area contributed by atoms with Crippen molar-refractivity contribution in [2.45, 2.75) is 46.6 Å². The van der Waals surface area contributed by atoms with Crippen LogP contribution in [0.25, 0.3) is 0 Å². The first-order valence-electron chi connectivity index (χ1n) is 7.04. The molecule has 104 valence electrons. The molecule has 1 aliphatic rings. The van der Waals surface area contributed by atoms with Gasteiger partial charge in [-0.3, -0.25) is 4.79 Å². The number of hydrogen-bond donors (Lipinski definition) is 2. The van der Waals surface area contributed by atoms with E-state index in [-0.39, 0.29) is 17.2 Å². The summed E-state index contributed by atoms with van der Waals surface area (Å²) in [6.45, 7) is 6.88. The molecule has 1 amide bonds. The maximum absolute atomic E-state index is 12.4. The van der Waals surface area contributed by atoms with Gasteiger partial charge >= 0.3 is 0 Å². The standard InChI is InChI=1S/C16H24N2O/c1-11-6-7-12(10-17)9-14(11)18-15(19)13-5-4-8-16(13,2)3/h6-7,9,13H,4-5,8,10,17H2,1-3H3,(H,18,19). The molecule has 1 atom stereocenters. The molecule has 1 saturated carbocycles. The van der Waals surface area contributed by atoms with E-state index in [1.165, 1.54) is 0 Å². The fraction of sp³-hybridized carbons (Fsp3) is 0.562. The van der Waals surface area contributed by atoms with Gasteiger partial charge < -0.3 is 11.1 Å².